The number of aliphatic hydroxyl groups is 1. The van der Waals surface area contributed by atoms with Gasteiger partial charge in [0.1, 0.15) is 6.10 Å². The van der Waals surface area contributed by atoms with Crippen molar-refractivity contribution in [1.82, 2.24) is 0 Å². The maximum absolute atomic E-state index is 8.97. The van der Waals surface area contributed by atoms with Gasteiger partial charge in [-0.2, -0.15) is 0 Å². The van der Waals surface area contributed by atoms with E-state index in [4.69, 9.17) is 19.3 Å². The van der Waals surface area contributed by atoms with Crippen LogP contribution in [0.1, 0.15) is 71.6 Å². The number of aliphatic hydroxyl groups excluding tert-OH is 1. The van der Waals surface area contributed by atoms with Crippen LogP contribution in [0.5, 0.6) is 0 Å². The average Bonchev–Trinajstić information content (AvgIpc) is 2.93. The lowest BCUT2D eigenvalue weighted by Gasteiger charge is -2.17. The fourth-order valence-corrected chi connectivity index (χ4v) is 2.59. The van der Waals surface area contributed by atoms with E-state index >= 15 is 0 Å². The third-order valence-corrected chi connectivity index (χ3v) is 3.94. The highest BCUT2D eigenvalue weighted by atomic mass is 16.7. The van der Waals surface area contributed by atoms with Crippen molar-refractivity contribution in [2.75, 3.05) is 19.8 Å². The van der Waals surface area contributed by atoms with E-state index in [0.29, 0.717) is 6.61 Å². The monoisotopic (exact) mass is 302 g/mol. The Hall–Kier alpha value is -0.160. The summed E-state index contributed by atoms with van der Waals surface area (Å²) in [4.78, 5) is 0. The fraction of sp³-hybridized carbons (Fsp3) is 1.00. The number of hydrogen-bond donors (Lipinski definition) is 1. The lowest BCUT2D eigenvalue weighted by atomic mass is 10.1. The average molecular weight is 302 g/mol. The minimum atomic E-state index is -0.212. The first-order valence-corrected chi connectivity index (χ1v) is 8.75. The lowest BCUT2D eigenvalue weighted by molar-refractivity contribution is -0.0959. The molecule has 0 spiro atoms. The first-order valence-electron chi connectivity index (χ1n) is 8.75. The zero-order valence-electron chi connectivity index (χ0n) is 13.9. The first kappa shape index (κ1) is 18.9. The Morgan fingerprint density at radius 2 is 1.76 bits per heavy atom. The Kier molecular flexibility index (Phi) is 11.1. The van der Waals surface area contributed by atoms with Crippen LogP contribution in [0.3, 0.4) is 0 Å². The highest BCUT2D eigenvalue weighted by molar-refractivity contribution is 4.66. The Morgan fingerprint density at radius 3 is 2.38 bits per heavy atom. The standard InChI is InChI=1S/C17H34O4/c1-3-4-5-6-7-8-9-10-11-19-15(2)12-17-20-14-16(13-18)21-17/h15-18H,3-14H2,1-2H3/t15?,16-,17+/m1/s1. The number of rotatable bonds is 13. The van der Waals surface area contributed by atoms with Crippen molar-refractivity contribution in [3.05, 3.63) is 0 Å². The van der Waals surface area contributed by atoms with E-state index in [1.165, 1.54) is 44.9 Å². The van der Waals surface area contributed by atoms with Gasteiger partial charge in [0.15, 0.2) is 6.29 Å². The Morgan fingerprint density at radius 1 is 1.10 bits per heavy atom. The van der Waals surface area contributed by atoms with Crippen molar-refractivity contribution in [1.29, 1.82) is 0 Å². The molecule has 0 bridgehead atoms. The van der Waals surface area contributed by atoms with Gasteiger partial charge in [-0.05, 0) is 13.3 Å². The van der Waals surface area contributed by atoms with Crippen LogP contribution >= 0.6 is 0 Å². The topological polar surface area (TPSA) is 47.9 Å². The molecule has 1 fully saturated rings. The maximum atomic E-state index is 8.97. The Balaban J connectivity index is 1.86. The molecule has 1 saturated heterocycles. The van der Waals surface area contributed by atoms with Crippen LogP contribution in [0.2, 0.25) is 0 Å². The summed E-state index contributed by atoms with van der Waals surface area (Å²) in [6.07, 6.45) is 11.1. The predicted octanol–water partition coefficient (Wildman–Crippen LogP) is 3.66. The quantitative estimate of drug-likeness (QED) is 0.528. The van der Waals surface area contributed by atoms with Crippen molar-refractivity contribution in [2.45, 2.75) is 90.1 Å². The third-order valence-electron chi connectivity index (χ3n) is 3.94. The normalized spacial score (nSPS) is 23.6. The van der Waals surface area contributed by atoms with Crippen molar-refractivity contribution in [2.24, 2.45) is 0 Å². The van der Waals surface area contributed by atoms with Crippen molar-refractivity contribution in [3.63, 3.8) is 0 Å². The molecular weight excluding hydrogens is 268 g/mol. The van der Waals surface area contributed by atoms with Gasteiger partial charge in [-0.25, -0.2) is 0 Å². The molecule has 1 aliphatic heterocycles. The summed E-state index contributed by atoms with van der Waals surface area (Å²) in [6.45, 7) is 5.66. The van der Waals surface area contributed by atoms with Gasteiger partial charge in [-0.1, -0.05) is 51.9 Å². The fourth-order valence-electron chi connectivity index (χ4n) is 2.59. The molecule has 0 aromatic rings. The summed E-state index contributed by atoms with van der Waals surface area (Å²) in [5, 5.41) is 8.97. The van der Waals surface area contributed by atoms with Crippen LogP contribution < -0.4 is 0 Å². The molecule has 0 aliphatic carbocycles. The smallest absolute Gasteiger partial charge is 0.160 e. The minimum Gasteiger partial charge on any atom is -0.394 e. The van der Waals surface area contributed by atoms with Crippen molar-refractivity contribution < 1.29 is 19.3 Å². The summed E-state index contributed by atoms with van der Waals surface area (Å²) in [5.41, 5.74) is 0. The van der Waals surface area contributed by atoms with Crippen LogP contribution in [-0.4, -0.2) is 43.4 Å². The van der Waals surface area contributed by atoms with E-state index in [1.54, 1.807) is 0 Å². The molecule has 1 unspecified atom stereocenters. The molecule has 0 aromatic carbocycles. The van der Waals surface area contributed by atoms with E-state index in [9.17, 15) is 0 Å². The van der Waals surface area contributed by atoms with Crippen LogP contribution in [-0.2, 0) is 14.2 Å². The molecule has 1 rings (SSSR count). The molecule has 0 saturated carbocycles. The van der Waals surface area contributed by atoms with Gasteiger partial charge in [0, 0.05) is 13.0 Å². The highest BCUT2D eigenvalue weighted by Gasteiger charge is 2.26. The number of unbranched alkanes of at least 4 members (excludes halogenated alkanes) is 7. The van der Waals surface area contributed by atoms with E-state index in [0.717, 1.165) is 19.4 Å². The van der Waals surface area contributed by atoms with Crippen LogP contribution in [0.15, 0.2) is 0 Å². The largest absolute Gasteiger partial charge is 0.394 e. The minimum absolute atomic E-state index is 0.0317. The molecular formula is C17H34O4. The van der Waals surface area contributed by atoms with E-state index in [2.05, 4.69) is 13.8 Å². The summed E-state index contributed by atoms with van der Waals surface area (Å²) < 4.78 is 16.8. The Labute approximate surface area is 130 Å². The molecule has 0 amide bonds. The molecule has 1 heterocycles. The first-order chi connectivity index (χ1) is 10.3. The van der Waals surface area contributed by atoms with Gasteiger partial charge < -0.3 is 19.3 Å². The SMILES string of the molecule is CCCCCCCCCCOC(C)C[C@H]1OC[C@@H](CO)O1. The zero-order valence-corrected chi connectivity index (χ0v) is 13.9. The van der Waals surface area contributed by atoms with Gasteiger partial charge in [0.05, 0.1) is 19.3 Å². The highest BCUT2D eigenvalue weighted by Crippen LogP contribution is 2.17. The van der Waals surface area contributed by atoms with E-state index < -0.39 is 0 Å². The van der Waals surface area contributed by atoms with Gasteiger partial charge in [-0.15, -0.1) is 0 Å². The van der Waals surface area contributed by atoms with Gasteiger partial charge in [-0.3, -0.25) is 0 Å². The summed E-state index contributed by atoms with van der Waals surface area (Å²) >= 11 is 0. The van der Waals surface area contributed by atoms with Crippen LogP contribution in [0.4, 0.5) is 0 Å². The molecule has 0 aromatic heterocycles. The predicted molar refractivity (Wildman–Crippen MR) is 84.3 cm³/mol. The van der Waals surface area contributed by atoms with Gasteiger partial charge in [0.2, 0.25) is 0 Å². The zero-order chi connectivity index (χ0) is 15.3. The van der Waals surface area contributed by atoms with Crippen LogP contribution in [0.25, 0.3) is 0 Å². The summed E-state index contributed by atoms with van der Waals surface area (Å²) in [7, 11) is 0. The molecule has 0 radical (unpaired) electrons. The third kappa shape index (κ3) is 9.46. The lowest BCUT2D eigenvalue weighted by Crippen LogP contribution is -2.21. The molecule has 1 N–H and O–H groups in total. The van der Waals surface area contributed by atoms with Gasteiger partial charge >= 0.3 is 0 Å². The summed E-state index contributed by atoms with van der Waals surface area (Å²) in [6, 6.07) is 0. The van der Waals surface area contributed by atoms with Gasteiger partial charge in [0.25, 0.3) is 0 Å². The molecule has 4 heteroatoms. The van der Waals surface area contributed by atoms with Crippen molar-refractivity contribution in [3.8, 4) is 0 Å². The number of hydrogen-bond acceptors (Lipinski definition) is 4. The summed E-state index contributed by atoms with van der Waals surface area (Å²) in [5.74, 6) is 0. The second-order valence-corrected chi connectivity index (χ2v) is 6.10. The molecule has 21 heavy (non-hydrogen) atoms. The second kappa shape index (κ2) is 12.4. The molecule has 126 valence electrons. The second-order valence-electron chi connectivity index (χ2n) is 6.10. The Bertz CT molecular complexity index is 235. The maximum Gasteiger partial charge on any atom is 0.160 e. The van der Waals surface area contributed by atoms with E-state index in [-0.39, 0.29) is 25.1 Å². The van der Waals surface area contributed by atoms with Crippen LogP contribution in [0, 0.1) is 0 Å². The number of ether oxygens (including phenoxy) is 3. The molecule has 3 atom stereocenters. The van der Waals surface area contributed by atoms with E-state index in [1.807, 2.05) is 0 Å². The molecule has 4 nitrogen and oxygen atoms in total. The van der Waals surface area contributed by atoms with Crippen molar-refractivity contribution >= 4 is 0 Å². The molecule has 1 aliphatic rings.